The van der Waals surface area contributed by atoms with Gasteiger partial charge in [0.05, 0.1) is 50.8 Å². The summed E-state index contributed by atoms with van der Waals surface area (Å²) in [5.41, 5.74) is -7.59. The molecule has 0 bridgehead atoms. The zero-order chi connectivity index (χ0) is 81.6. The van der Waals surface area contributed by atoms with Crippen molar-refractivity contribution >= 4 is 96.7 Å². The third-order valence-corrected chi connectivity index (χ3v) is 22.5. The molecule has 0 saturated carbocycles. The number of aromatic hydroxyl groups is 1. The molecule has 3 atom stereocenters. The van der Waals surface area contributed by atoms with Gasteiger partial charge in [0.25, 0.3) is 17.7 Å². The zero-order valence-electron chi connectivity index (χ0n) is 60.4. The van der Waals surface area contributed by atoms with Gasteiger partial charge in [0.2, 0.25) is 17.7 Å². The number of amides is 6. The van der Waals surface area contributed by atoms with Crippen LogP contribution >= 0.6 is 0 Å². The molecule has 0 saturated heterocycles. The van der Waals surface area contributed by atoms with Crippen molar-refractivity contribution in [3.63, 3.8) is 0 Å². The van der Waals surface area contributed by atoms with E-state index in [1.165, 1.54) is 60.9 Å². The molecule has 9 aromatic carbocycles. The van der Waals surface area contributed by atoms with Crippen LogP contribution in [0.3, 0.4) is 0 Å². The summed E-state index contributed by atoms with van der Waals surface area (Å²) in [5, 5.41) is 9.95. The van der Waals surface area contributed by atoms with Crippen molar-refractivity contribution in [3.8, 4) is 22.6 Å². The van der Waals surface area contributed by atoms with Crippen LogP contribution in [0.5, 0.6) is 11.5 Å². The molecular weight excluding hydrogens is 1530 g/mol. The number of rotatable bonds is 9. The van der Waals surface area contributed by atoms with Crippen LogP contribution in [0.25, 0.3) is 11.1 Å². The number of carbonyl (C=O) groups is 6. The largest absolute Gasteiger partial charge is 0.534 e. The summed E-state index contributed by atoms with van der Waals surface area (Å²) in [6.07, 6.45) is -9.52. The quantitative estimate of drug-likeness (QED) is 0.0624. The predicted octanol–water partition coefficient (Wildman–Crippen LogP) is 17.9. The second-order valence-electron chi connectivity index (χ2n) is 27.7. The molecule has 6 aliphatic rings. The van der Waals surface area contributed by atoms with E-state index in [1.54, 1.807) is 118 Å². The van der Waals surface area contributed by atoms with Crippen LogP contribution in [-0.4, -0.2) is 79.1 Å². The number of phenols is 1. The molecule has 16 rings (SSSR count). The van der Waals surface area contributed by atoms with Crippen LogP contribution in [0, 0.1) is 0 Å². The van der Waals surface area contributed by atoms with Crippen molar-refractivity contribution in [3.05, 3.63) is 275 Å². The lowest BCUT2D eigenvalue weighted by molar-refractivity contribution is -0.138. The van der Waals surface area contributed by atoms with Crippen molar-refractivity contribution in [2.45, 2.75) is 99.6 Å². The second kappa shape index (κ2) is 29.0. The van der Waals surface area contributed by atoms with Gasteiger partial charge in [-0.1, -0.05) is 91.0 Å². The normalized spacial score (nSPS) is 19.3. The van der Waals surface area contributed by atoms with Gasteiger partial charge in [-0.05, 0) is 225 Å². The number of aryl methyl sites for hydroxylation is 3. The first-order valence-electron chi connectivity index (χ1n) is 35.8. The van der Waals surface area contributed by atoms with E-state index in [2.05, 4.69) is 9.17 Å². The van der Waals surface area contributed by atoms with Crippen molar-refractivity contribution < 1.29 is 99.2 Å². The SMILES string of the molecule is CCN1C(=O)C2(CCc3cc(-c4cccnc4)ccc32)C(=O)N(c2ccccc2)c2cc(C(F)(F)F)ccc21.CCN1C(=O)C2(CCc3cc(O)ccc32)C(=O)N(c2ccccc2)c2cc(C(F)(F)F)ccc21.CCN1C(=O)C2(CCc3cc(OS(=O)(=O)C(F)(F)F)ccc32)C(=O)N(c2ccccc2)c2cc(C(F)(F)F)ccc21. The standard InChI is InChI=1S/C31H24F3N3O2.C27H20F6N2O5S.C26H21F3N2O3/c1-2-36-26-13-11-23(31(32,33)34)18-27(26)37(24-8-4-3-5-9-24)29(39)30(28(36)38)15-14-21-17-20(10-12-25(21)30)22-7-6-16-35-19-22;1-2-34-21-11-8-17(26(28,29)30)15-22(21)35(18-6-4-3-5-7-18)24(37)25(23(34)36)13-12-16-14-19(9-10-20(16)25)40-41(38,39)27(31,32)33;1-2-30-21-11-8-17(26(27,28)29)15-22(21)31(18-6-4-3-5-7-18)24(34)25(23(30)33)13-12-16-14-19(32)9-10-20(16)25/h3-13,16-19H,2,14-15H2,1H3;3-11,14-15H,2,12-13H2,1H3;3-11,14-15,32H,2,12-13H2,1H3. The van der Waals surface area contributed by atoms with E-state index in [1.807, 2.05) is 30.3 Å². The van der Waals surface area contributed by atoms with Crippen LogP contribution < -0.4 is 33.6 Å². The number of alkyl halides is 12. The topological polar surface area (TPSA) is 198 Å². The highest BCUT2D eigenvalue weighted by molar-refractivity contribution is 7.88. The number of hydrogen-bond acceptors (Lipinski definition) is 11. The maximum atomic E-state index is 14.7. The number of anilines is 9. The molecule has 6 amide bonds. The molecule has 0 radical (unpaired) electrons. The number of pyridine rings is 1. The fraction of sp³-hybridized carbons (Fsp3) is 0.226. The Balaban J connectivity index is 0.000000142. The molecule has 3 aliphatic carbocycles. The van der Waals surface area contributed by atoms with Gasteiger partial charge < -0.3 is 24.0 Å². The van der Waals surface area contributed by atoms with Crippen LogP contribution in [0.2, 0.25) is 0 Å². The molecule has 1 aromatic heterocycles. The monoisotopic (exact) mass is 1590 g/mol. The molecule has 0 fully saturated rings. The first-order valence-corrected chi connectivity index (χ1v) is 37.2. The molecular formula is C84H65F12N7O10S. The lowest BCUT2D eigenvalue weighted by atomic mass is 9.78. The Kier molecular flexibility index (Phi) is 19.9. The fourth-order valence-corrected chi connectivity index (χ4v) is 16.7. The van der Waals surface area contributed by atoms with Crippen LogP contribution in [0.1, 0.15) is 90.1 Å². The number of aromatic nitrogens is 1. The van der Waals surface area contributed by atoms with Crippen molar-refractivity contribution in [1.82, 2.24) is 4.98 Å². The predicted molar refractivity (Wildman–Crippen MR) is 399 cm³/mol. The molecule has 1 N–H and O–H groups in total. The maximum absolute atomic E-state index is 14.7. The van der Waals surface area contributed by atoms with Gasteiger partial charge in [-0.2, -0.15) is 61.1 Å². The van der Waals surface area contributed by atoms with E-state index in [0.717, 1.165) is 82.3 Å². The summed E-state index contributed by atoms with van der Waals surface area (Å²) in [6, 6.07) is 50.8. The molecule has 3 aliphatic heterocycles. The number of carbonyl (C=O) groups excluding carboxylic acids is 6. The van der Waals surface area contributed by atoms with Gasteiger partial charge in [-0.15, -0.1) is 0 Å². The lowest BCUT2D eigenvalue weighted by Crippen LogP contribution is -2.53. The highest BCUT2D eigenvalue weighted by Crippen LogP contribution is 2.56. The average Bonchev–Trinajstić information content (AvgIpc) is 1.56. The highest BCUT2D eigenvalue weighted by Gasteiger charge is 2.62. The third kappa shape index (κ3) is 13.1. The Morgan fingerprint density at radius 3 is 1.08 bits per heavy atom. The van der Waals surface area contributed by atoms with E-state index >= 15 is 0 Å². The van der Waals surface area contributed by atoms with Gasteiger partial charge in [-0.25, -0.2) is 0 Å². The summed E-state index contributed by atoms with van der Waals surface area (Å²) in [5.74, 6) is -4.31. The highest BCUT2D eigenvalue weighted by atomic mass is 32.2. The number of para-hydroxylation sites is 3. The van der Waals surface area contributed by atoms with Crippen LogP contribution in [0.4, 0.5) is 104 Å². The molecule has 114 heavy (non-hydrogen) atoms. The van der Waals surface area contributed by atoms with Gasteiger partial charge in [0.15, 0.2) is 16.2 Å². The summed E-state index contributed by atoms with van der Waals surface area (Å²) < 4.78 is 190. The van der Waals surface area contributed by atoms with Crippen molar-refractivity contribution in [2.24, 2.45) is 0 Å². The first kappa shape index (κ1) is 78.4. The number of nitrogens with zero attached hydrogens (tertiary/aromatic N) is 7. The molecule has 17 nitrogen and oxygen atoms in total. The Morgan fingerprint density at radius 1 is 0.386 bits per heavy atom. The molecule has 30 heteroatoms. The fourth-order valence-electron chi connectivity index (χ4n) is 16.2. The van der Waals surface area contributed by atoms with E-state index < -0.39 is 108 Å². The van der Waals surface area contributed by atoms with Gasteiger partial charge in [0.1, 0.15) is 11.5 Å². The minimum atomic E-state index is -5.98. The zero-order valence-corrected chi connectivity index (χ0v) is 61.2. The molecule has 3 unspecified atom stereocenters. The minimum Gasteiger partial charge on any atom is -0.508 e. The van der Waals surface area contributed by atoms with E-state index in [9.17, 15) is 95.0 Å². The van der Waals surface area contributed by atoms with E-state index in [-0.39, 0.29) is 102 Å². The minimum absolute atomic E-state index is 0.00493. The Hall–Kier alpha value is -12.3. The molecule has 4 heterocycles. The number of benzene rings is 9. The van der Waals surface area contributed by atoms with Gasteiger partial charge >= 0.3 is 34.2 Å². The number of hydrogen-bond donors (Lipinski definition) is 1. The maximum Gasteiger partial charge on any atom is 0.534 e. The van der Waals surface area contributed by atoms with Gasteiger partial charge in [-0.3, -0.25) is 48.5 Å². The lowest BCUT2D eigenvalue weighted by Gasteiger charge is -2.32. The summed E-state index contributed by atoms with van der Waals surface area (Å²) in [4.78, 5) is 98.0. The van der Waals surface area contributed by atoms with Crippen LogP contribution in [0.15, 0.2) is 225 Å². The van der Waals surface area contributed by atoms with Crippen LogP contribution in [-0.2, 0) is 92.9 Å². The number of halogens is 12. The number of phenolic OH excluding ortho intramolecular Hbond substituents is 1. The Bertz CT molecular complexity index is 5640. The second-order valence-corrected chi connectivity index (χ2v) is 29.2. The Labute approximate surface area is 644 Å². The van der Waals surface area contributed by atoms with Crippen molar-refractivity contribution in [1.29, 1.82) is 0 Å². The summed E-state index contributed by atoms with van der Waals surface area (Å²) in [7, 11) is -5.98. The molecule has 586 valence electrons. The average molecular weight is 1590 g/mol. The number of likely N-dealkylation sites (N-methyl/N-ethyl adjacent to an activating group) is 3. The van der Waals surface area contributed by atoms with E-state index in [0.29, 0.717) is 40.9 Å². The third-order valence-electron chi connectivity index (χ3n) is 21.5. The van der Waals surface area contributed by atoms with Gasteiger partial charge in [0, 0.05) is 49.1 Å². The summed E-state index contributed by atoms with van der Waals surface area (Å²) >= 11 is 0. The van der Waals surface area contributed by atoms with E-state index in [4.69, 9.17) is 0 Å². The van der Waals surface area contributed by atoms with Crippen molar-refractivity contribution in [2.75, 3.05) is 49.0 Å². The molecule has 10 aromatic rings. The Morgan fingerprint density at radius 2 is 0.737 bits per heavy atom. The number of fused-ring (bicyclic) bond motifs is 9. The molecule has 3 spiro atoms. The first-order chi connectivity index (χ1) is 54.0. The summed E-state index contributed by atoms with van der Waals surface area (Å²) in [6.45, 7) is 5.42. The smallest absolute Gasteiger partial charge is 0.508 e.